The average molecular weight is 577 g/mol. The van der Waals surface area contributed by atoms with Crippen molar-refractivity contribution in [3.8, 4) is 0 Å². The number of hydrogen-bond acceptors (Lipinski definition) is 2. The maximum atomic E-state index is 14.5. The van der Waals surface area contributed by atoms with Crippen LogP contribution in [0.15, 0.2) is 123 Å². The van der Waals surface area contributed by atoms with Gasteiger partial charge in [0.1, 0.15) is 0 Å². The third-order valence-corrected chi connectivity index (χ3v) is 18.4. The molecule has 1 aliphatic rings. The summed E-state index contributed by atoms with van der Waals surface area (Å²) in [5.74, 6) is 0. The van der Waals surface area contributed by atoms with Crippen LogP contribution in [0.3, 0.4) is 0 Å². The molecule has 4 aromatic rings. The van der Waals surface area contributed by atoms with E-state index in [4.69, 9.17) is 4.36 Å². The maximum absolute atomic E-state index is 14.5. The summed E-state index contributed by atoms with van der Waals surface area (Å²) in [6, 6.07) is 36.9. The standard InChI is InChI=1S/C18H13NOS.C6H5.Bi/c20-21(17-12-6-2-7-13-17,18-14-8-3-9-15-18)19-16-10-4-1-5-11-16;1-2-4-6-5-3-1;/h1-12,14H;1-5H;. The second-order valence-corrected chi connectivity index (χ2v) is 17.0. The molecule has 0 saturated carbocycles. The Labute approximate surface area is 173 Å². The van der Waals surface area contributed by atoms with Crippen LogP contribution in [0, 0.1) is 0 Å². The number of rotatable bonds is 2. The van der Waals surface area contributed by atoms with Gasteiger partial charge in [0.25, 0.3) is 0 Å². The SMILES string of the molecule is O=S1(=Nc2ccccc2)c2cccc[c]2[Bi]([c]2ccccc2)[c]2ccccc21. The number of fused-ring (bicyclic) bond motifs is 2. The predicted octanol–water partition coefficient (Wildman–Crippen LogP) is 3.73. The Morgan fingerprint density at radius 3 is 1.61 bits per heavy atom. The Kier molecular flexibility index (Phi) is 4.62. The van der Waals surface area contributed by atoms with E-state index in [1.807, 2.05) is 54.6 Å². The van der Waals surface area contributed by atoms with Crippen LogP contribution in [-0.4, -0.2) is 26.0 Å². The molecule has 0 aromatic heterocycles. The molecule has 28 heavy (non-hydrogen) atoms. The molecule has 1 aliphatic heterocycles. The normalized spacial score (nSPS) is 14.7. The monoisotopic (exact) mass is 577 g/mol. The van der Waals surface area contributed by atoms with Crippen LogP contribution >= 0.6 is 0 Å². The topological polar surface area (TPSA) is 29.4 Å². The van der Waals surface area contributed by atoms with E-state index in [2.05, 4.69) is 54.6 Å². The molecular formula is C24H18BiNOS. The summed E-state index contributed by atoms with van der Waals surface area (Å²) in [4.78, 5) is 1.80. The van der Waals surface area contributed by atoms with E-state index >= 15 is 0 Å². The Morgan fingerprint density at radius 2 is 1.04 bits per heavy atom. The van der Waals surface area contributed by atoms with E-state index < -0.39 is 31.5 Å². The molecule has 0 radical (unpaired) electrons. The van der Waals surface area contributed by atoms with Gasteiger partial charge in [0, 0.05) is 0 Å². The summed E-state index contributed by atoms with van der Waals surface area (Å²) in [5, 5.41) is 0. The first kappa shape index (κ1) is 17.8. The third-order valence-electron chi connectivity index (χ3n) is 4.81. The minimum atomic E-state index is -2.73. The van der Waals surface area contributed by atoms with Gasteiger partial charge in [-0.1, -0.05) is 0 Å². The van der Waals surface area contributed by atoms with Gasteiger partial charge in [-0.25, -0.2) is 0 Å². The van der Waals surface area contributed by atoms with Crippen molar-refractivity contribution in [2.75, 3.05) is 0 Å². The molecular weight excluding hydrogens is 559 g/mol. The quantitative estimate of drug-likeness (QED) is 0.294. The molecule has 0 fully saturated rings. The van der Waals surface area contributed by atoms with Crippen LogP contribution in [0.25, 0.3) is 0 Å². The fourth-order valence-electron chi connectivity index (χ4n) is 3.59. The summed E-state index contributed by atoms with van der Waals surface area (Å²) in [5.41, 5.74) is 0.754. The second-order valence-electron chi connectivity index (χ2n) is 6.56. The molecule has 0 amide bonds. The molecule has 2 nitrogen and oxygen atoms in total. The van der Waals surface area contributed by atoms with Crippen LogP contribution in [-0.2, 0) is 9.73 Å². The average Bonchev–Trinajstić information content (AvgIpc) is 2.76. The van der Waals surface area contributed by atoms with E-state index in [0.29, 0.717) is 0 Å². The van der Waals surface area contributed by atoms with Crippen LogP contribution < -0.4 is 9.81 Å². The summed E-state index contributed by atoms with van der Waals surface area (Å²) >= 11 is -2.53. The van der Waals surface area contributed by atoms with Crippen molar-refractivity contribution >= 4 is 47.0 Å². The molecule has 1 heterocycles. The Morgan fingerprint density at radius 1 is 0.571 bits per heavy atom. The van der Waals surface area contributed by atoms with Gasteiger partial charge in [0.2, 0.25) is 0 Å². The van der Waals surface area contributed by atoms with Crippen molar-refractivity contribution in [1.82, 2.24) is 0 Å². The molecule has 5 rings (SSSR count). The molecule has 4 heteroatoms. The molecule has 136 valence electrons. The van der Waals surface area contributed by atoms with Crippen LogP contribution in [0.1, 0.15) is 0 Å². The van der Waals surface area contributed by atoms with Crippen molar-refractivity contribution in [3.63, 3.8) is 0 Å². The number of hydrogen-bond donors (Lipinski definition) is 0. The summed E-state index contributed by atoms with van der Waals surface area (Å²) in [6.45, 7) is 0. The van der Waals surface area contributed by atoms with Crippen molar-refractivity contribution in [1.29, 1.82) is 0 Å². The number of benzene rings is 4. The summed E-state index contributed by atoms with van der Waals surface area (Å²) in [7, 11) is -2.73. The van der Waals surface area contributed by atoms with E-state index in [-0.39, 0.29) is 0 Å². The molecule has 0 N–H and O–H groups in total. The van der Waals surface area contributed by atoms with Crippen LogP contribution in [0.2, 0.25) is 0 Å². The van der Waals surface area contributed by atoms with E-state index in [9.17, 15) is 4.21 Å². The van der Waals surface area contributed by atoms with Crippen LogP contribution in [0.5, 0.6) is 0 Å². The van der Waals surface area contributed by atoms with Gasteiger partial charge in [-0.05, 0) is 0 Å². The van der Waals surface area contributed by atoms with Gasteiger partial charge < -0.3 is 0 Å². The Hall–Kier alpha value is -2.29. The third kappa shape index (κ3) is 2.92. The molecule has 0 aliphatic carbocycles. The molecule has 0 saturated heterocycles. The predicted molar refractivity (Wildman–Crippen MR) is 117 cm³/mol. The van der Waals surface area contributed by atoms with Crippen molar-refractivity contribution < 1.29 is 4.21 Å². The van der Waals surface area contributed by atoms with E-state index in [1.54, 1.807) is 0 Å². The molecule has 4 aromatic carbocycles. The fraction of sp³-hybridized carbons (Fsp3) is 0. The molecule has 0 unspecified atom stereocenters. The zero-order valence-corrected chi connectivity index (χ0v) is 19.4. The molecule has 0 atom stereocenters. The van der Waals surface area contributed by atoms with Crippen molar-refractivity contribution in [2.45, 2.75) is 9.79 Å². The summed E-state index contributed by atoms with van der Waals surface area (Å²) < 4.78 is 23.2. The first-order chi connectivity index (χ1) is 13.8. The zero-order chi connectivity index (χ0) is 19.0. The zero-order valence-electron chi connectivity index (χ0n) is 15.1. The fourth-order valence-corrected chi connectivity index (χ4v) is 19.3. The first-order valence-corrected chi connectivity index (χ1v) is 15.9. The molecule has 0 spiro atoms. The molecule has 0 bridgehead atoms. The summed E-state index contributed by atoms with van der Waals surface area (Å²) in [6.07, 6.45) is 0. The Balaban J connectivity index is 1.86. The van der Waals surface area contributed by atoms with Gasteiger partial charge in [0.15, 0.2) is 0 Å². The van der Waals surface area contributed by atoms with Crippen LogP contribution in [0.4, 0.5) is 5.69 Å². The van der Waals surface area contributed by atoms with E-state index in [1.165, 1.54) is 9.81 Å². The van der Waals surface area contributed by atoms with Crippen molar-refractivity contribution in [3.05, 3.63) is 109 Å². The Bertz CT molecular complexity index is 1210. The van der Waals surface area contributed by atoms with Gasteiger partial charge in [0.05, 0.1) is 0 Å². The second kappa shape index (κ2) is 7.27. The van der Waals surface area contributed by atoms with E-state index in [0.717, 1.165) is 15.5 Å². The van der Waals surface area contributed by atoms with Gasteiger partial charge >= 0.3 is 175 Å². The van der Waals surface area contributed by atoms with Crippen molar-refractivity contribution in [2.24, 2.45) is 4.36 Å². The van der Waals surface area contributed by atoms with Gasteiger partial charge in [-0.2, -0.15) is 0 Å². The first-order valence-electron chi connectivity index (χ1n) is 9.13. The minimum absolute atomic E-state index is 0.754. The van der Waals surface area contributed by atoms with Gasteiger partial charge in [-0.15, -0.1) is 0 Å². The number of nitrogens with zero attached hydrogens (tertiary/aromatic N) is 1. The van der Waals surface area contributed by atoms with Gasteiger partial charge in [-0.3, -0.25) is 0 Å².